The summed E-state index contributed by atoms with van der Waals surface area (Å²) in [4.78, 5) is 4.99. The molecular formula is C40H48N2O4. The van der Waals surface area contributed by atoms with Gasteiger partial charge in [-0.3, -0.25) is 4.90 Å². The van der Waals surface area contributed by atoms with Gasteiger partial charge < -0.3 is 24.6 Å². The predicted molar refractivity (Wildman–Crippen MR) is 181 cm³/mol. The van der Waals surface area contributed by atoms with Crippen LogP contribution < -0.4 is 9.47 Å². The quantitative estimate of drug-likeness (QED) is 0.232. The Morgan fingerprint density at radius 3 is 2.63 bits per heavy atom. The Morgan fingerprint density at radius 2 is 1.85 bits per heavy atom. The molecule has 2 bridgehead atoms. The van der Waals surface area contributed by atoms with Gasteiger partial charge in [-0.05, 0) is 106 Å². The van der Waals surface area contributed by atoms with Gasteiger partial charge in [-0.25, -0.2) is 0 Å². The Morgan fingerprint density at radius 1 is 1.04 bits per heavy atom. The molecule has 1 spiro atoms. The number of likely N-dealkylation sites (tertiary alicyclic amines) is 1. The van der Waals surface area contributed by atoms with Gasteiger partial charge >= 0.3 is 0 Å². The van der Waals surface area contributed by atoms with Crippen molar-refractivity contribution in [2.75, 3.05) is 33.2 Å². The molecule has 8 rings (SSSR count). The van der Waals surface area contributed by atoms with Crippen LogP contribution in [0.2, 0.25) is 0 Å². The number of ether oxygens (including phenoxy) is 2. The first kappa shape index (κ1) is 30.0. The van der Waals surface area contributed by atoms with Gasteiger partial charge in [0.05, 0.1) is 11.0 Å². The van der Waals surface area contributed by atoms with Crippen molar-refractivity contribution in [2.45, 2.75) is 87.6 Å². The molecule has 2 heterocycles. The lowest BCUT2D eigenvalue weighted by atomic mass is 9.48. The summed E-state index contributed by atoms with van der Waals surface area (Å²) < 4.78 is 13.2. The van der Waals surface area contributed by atoms with Crippen LogP contribution >= 0.6 is 0 Å². The standard InChI is InChI=1S/C40H48N2O4/c1-27-10-15-32(16-11-27)45-34(29-7-4-3-5-8-29)19-23-41(2)22-6-9-30-18-20-40(44)35-25-31-14-17-33(43)37-36(31)39(40,38(30)46-37)21-24-42(35)26-28-12-13-28/h3-5,7-11,14-17,28,34-35,38,43-44H,6,12-13,18-26H2,1-2H3/b30-9-/t34?,35-,38+,39+,40-/m1/s1. The molecule has 3 aliphatic carbocycles. The molecule has 46 heavy (non-hydrogen) atoms. The van der Waals surface area contributed by atoms with Gasteiger partial charge in [0.2, 0.25) is 0 Å². The number of phenolic OH excluding ortho intramolecular Hbond substituents is 1. The van der Waals surface area contributed by atoms with E-state index in [0.29, 0.717) is 5.75 Å². The number of hydrogen-bond donors (Lipinski definition) is 2. The third kappa shape index (κ3) is 5.04. The maximum absolute atomic E-state index is 12.7. The van der Waals surface area contributed by atoms with Gasteiger partial charge in [0.15, 0.2) is 11.5 Å². The molecule has 0 aromatic heterocycles. The van der Waals surface area contributed by atoms with Crippen molar-refractivity contribution in [3.05, 3.63) is 101 Å². The summed E-state index contributed by atoms with van der Waals surface area (Å²) in [7, 11) is 2.19. The van der Waals surface area contributed by atoms with Crippen LogP contribution in [0.5, 0.6) is 17.2 Å². The van der Waals surface area contributed by atoms with Gasteiger partial charge in [0.25, 0.3) is 0 Å². The second-order valence-electron chi connectivity index (χ2n) is 14.7. The fourth-order valence-electron chi connectivity index (χ4n) is 9.21. The van der Waals surface area contributed by atoms with E-state index in [4.69, 9.17) is 9.47 Å². The monoisotopic (exact) mass is 620 g/mol. The van der Waals surface area contributed by atoms with Crippen molar-refractivity contribution in [3.63, 3.8) is 0 Å². The highest BCUT2D eigenvalue weighted by Gasteiger charge is 2.72. The molecule has 6 nitrogen and oxygen atoms in total. The molecule has 5 aliphatic rings. The van der Waals surface area contributed by atoms with Crippen LogP contribution in [0.4, 0.5) is 0 Å². The van der Waals surface area contributed by atoms with E-state index >= 15 is 0 Å². The van der Waals surface area contributed by atoms with Gasteiger partial charge in [0.1, 0.15) is 18.0 Å². The van der Waals surface area contributed by atoms with Crippen molar-refractivity contribution in [1.82, 2.24) is 9.80 Å². The van der Waals surface area contributed by atoms with Gasteiger partial charge in [-0.1, -0.05) is 60.2 Å². The van der Waals surface area contributed by atoms with Crippen molar-refractivity contribution >= 4 is 0 Å². The lowest BCUT2D eigenvalue weighted by molar-refractivity contribution is -0.174. The summed E-state index contributed by atoms with van der Waals surface area (Å²) in [6, 6.07) is 22.9. The molecule has 2 N–H and O–H groups in total. The zero-order valence-corrected chi connectivity index (χ0v) is 27.3. The van der Waals surface area contributed by atoms with Crippen LogP contribution in [0.25, 0.3) is 0 Å². The zero-order chi connectivity index (χ0) is 31.5. The summed E-state index contributed by atoms with van der Waals surface area (Å²) in [5, 5.41) is 23.7. The van der Waals surface area contributed by atoms with E-state index in [0.717, 1.165) is 81.9 Å². The minimum absolute atomic E-state index is 0.0165. The van der Waals surface area contributed by atoms with Gasteiger partial charge in [-0.15, -0.1) is 0 Å². The van der Waals surface area contributed by atoms with Gasteiger partial charge in [0, 0.05) is 37.7 Å². The number of benzene rings is 3. The number of rotatable bonds is 11. The maximum Gasteiger partial charge on any atom is 0.166 e. The van der Waals surface area contributed by atoms with Crippen LogP contribution in [0.3, 0.4) is 0 Å². The van der Waals surface area contributed by atoms with E-state index in [-0.39, 0.29) is 24.0 Å². The second-order valence-corrected chi connectivity index (χ2v) is 14.7. The Kier molecular flexibility index (Phi) is 7.66. The summed E-state index contributed by atoms with van der Waals surface area (Å²) in [6.07, 6.45) is 9.91. The zero-order valence-electron chi connectivity index (χ0n) is 27.3. The number of hydrogen-bond acceptors (Lipinski definition) is 6. The van der Waals surface area contributed by atoms with Gasteiger partial charge in [-0.2, -0.15) is 0 Å². The van der Waals surface area contributed by atoms with Crippen LogP contribution in [0.15, 0.2) is 78.4 Å². The normalized spacial score (nSPS) is 29.4. The number of aryl methyl sites for hydroxylation is 1. The SMILES string of the molecule is Cc1ccc(OC(CCN(C)CC/C=C2/CC[C@@]3(O)[C@H]4Cc5ccc(O)c6c5[C@@]3(CCN4CC3CC3)[C@H]2O6)c2ccccc2)cc1. The first-order valence-electron chi connectivity index (χ1n) is 17.5. The van der Waals surface area contributed by atoms with Crippen LogP contribution in [0, 0.1) is 12.8 Å². The van der Waals surface area contributed by atoms with E-state index < -0.39 is 11.0 Å². The highest BCUT2D eigenvalue weighted by atomic mass is 16.5. The molecule has 0 amide bonds. The molecule has 3 aromatic carbocycles. The average Bonchev–Trinajstić information content (AvgIpc) is 3.81. The highest BCUT2D eigenvalue weighted by Crippen LogP contribution is 2.66. The molecule has 3 fully saturated rings. The molecule has 2 saturated carbocycles. The van der Waals surface area contributed by atoms with E-state index in [1.165, 1.54) is 35.1 Å². The lowest BCUT2D eigenvalue weighted by Gasteiger charge is -2.63. The molecule has 5 atom stereocenters. The second kappa shape index (κ2) is 11.7. The topological polar surface area (TPSA) is 65.4 Å². The Balaban J connectivity index is 0.972. The van der Waals surface area contributed by atoms with Crippen molar-refractivity contribution in [3.8, 4) is 17.2 Å². The summed E-state index contributed by atoms with van der Waals surface area (Å²) >= 11 is 0. The largest absolute Gasteiger partial charge is 0.504 e. The van der Waals surface area contributed by atoms with E-state index in [1.54, 1.807) is 6.07 Å². The third-order valence-corrected chi connectivity index (χ3v) is 11.8. The number of phenols is 1. The Hall–Kier alpha value is -3.32. The molecule has 3 aromatic rings. The van der Waals surface area contributed by atoms with Crippen LogP contribution in [0.1, 0.15) is 73.3 Å². The number of aromatic hydroxyl groups is 1. The van der Waals surface area contributed by atoms with Crippen molar-refractivity contribution < 1.29 is 19.7 Å². The van der Waals surface area contributed by atoms with E-state index in [9.17, 15) is 10.2 Å². The molecular weight excluding hydrogens is 572 g/mol. The van der Waals surface area contributed by atoms with E-state index in [1.807, 2.05) is 0 Å². The molecule has 2 aliphatic heterocycles. The Bertz CT molecular complexity index is 1600. The molecule has 6 heteroatoms. The molecule has 0 radical (unpaired) electrons. The summed E-state index contributed by atoms with van der Waals surface area (Å²) in [5.41, 5.74) is 4.76. The lowest BCUT2D eigenvalue weighted by Crippen LogP contribution is -2.75. The highest BCUT2D eigenvalue weighted by molar-refractivity contribution is 5.64. The predicted octanol–water partition coefficient (Wildman–Crippen LogP) is 6.72. The minimum Gasteiger partial charge on any atom is -0.504 e. The Labute approximate surface area is 273 Å². The number of piperidine rings is 1. The summed E-state index contributed by atoms with van der Waals surface area (Å²) in [6.45, 7) is 6.03. The first-order valence-corrected chi connectivity index (χ1v) is 17.5. The minimum atomic E-state index is -0.838. The first-order chi connectivity index (χ1) is 22.4. The fourth-order valence-corrected chi connectivity index (χ4v) is 9.21. The van der Waals surface area contributed by atoms with Crippen LogP contribution in [-0.4, -0.2) is 71.0 Å². The van der Waals surface area contributed by atoms with Crippen molar-refractivity contribution in [2.24, 2.45) is 5.92 Å². The fraction of sp³-hybridized carbons (Fsp3) is 0.500. The third-order valence-electron chi connectivity index (χ3n) is 11.8. The number of aliphatic hydroxyl groups is 1. The maximum atomic E-state index is 12.7. The molecule has 1 saturated heterocycles. The van der Waals surface area contributed by atoms with Crippen LogP contribution in [-0.2, 0) is 11.8 Å². The summed E-state index contributed by atoms with van der Waals surface area (Å²) in [5.74, 6) is 2.53. The molecule has 1 unspecified atom stereocenters. The average molecular weight is 621 g/mol. The van der Waals surface area contributed by atoms with Crippen molar-refractivity contribution in [1.29, 1.82) is 0 Å². The number of nitrogens with zero attached hydrogens (tertiary/aromatic N) is 2. The van der Waals surface area contributed by atoms with E-state index in [2.05, 4.69) is 90.5 Å². The smallest absolute Gasteiger partial charge is 0.166 e. The molecule has 242 valence electrons.